The van der Waals surface area contributed by atoms with Gasteiger partial charge in [-0.05, 0) is 38.0 Å². The summed E-state index contributed by atoms with van der Waals surface area (Å²) in [4.78, 5) is 24.6. The van der Waals surface area contributed by atoms with Gasteiger partial charge in [-0.25, -0.2) is 13.2 Å². The second kappa shape index (κ2) is 9.63. The Morgan fingerprint density at radius 2 is 2.00 bits per heavy atom. The first-order valence-corrected chi connectivity index (χ1v) is 11.9. The Labute approximate surface area is 179 Å². The van der Waals surface area contributed by atoms with E-state index in [-0.39, 0.29) is 33.8 Å². The molecule has 0 aliphatic heterocycles. The number of aromatic nitrogens is 2. The summed E-state index contributed by atoms with van der Waals surface area (Å²) in [5.41, 5.74) is 0.0623. The first-order valence-electron chi connectivity index (χ1n) is 9.73. The summed E-state index contributed by atoms with van der Waals surface area (Å²) in [7, 11) is -2.14. The summed E-state index contributed by atoms with van der Waals surface area (Å²) in [5.74, 6) is -1.25. The van der Waals surface area contributed by atoms with E-state index in [0.29, 0.717) is 0 Å². The van der Waals surface area contributed by atoms with Gasteiger partial charge in [-0.15, -0.1) is 5.10 Å². The number of carbonyl (C=O) groups is 2. The van der Waals surface area contributed by atoms with Crippen LogP contribution in [0.2, 0.25) is 0 Å². The quantitative estimate of drug-likeness (QED) is 0.642. The number of hydrogen-bond donors (Lipinski definition) is 1. The van der Waals surface area contributed by atoms with Crippen molar-refractivity contribution in [1.29, 1.82) is 0 Å². The average molecular weight is 453 g/mol. The number of hydrogen-bond acceptors (Lipinski definition) is 8. The predicted octanol–water partition coefficient (Wildman–Crippen LogP) is 2.92. The van der Waals surface area contributed by atoms with Crippen molar-refractivity contribution in [3.63, 3.8) is 0 Å². The Hall–Kier alpha value is -2.37. The molecule has 1 aliphatic carbocycles. The van der Waals surface area contributed by atoms with Crippen LogP contribution in [-0.2, 0) is 14.8 Å². The number of benzene rings is 1. The van der Waals surface area contributed by atoms with Crippen LogP contribution in [0.1, 0.15) is 59.9 Å². The van der Waals surface area contributed by atoms with Crippen molar-refractivity contribution in [2.75, 3.05) is 19.0 Å². The smallest absolute Gasteiger partial charge is 0.362 e. The van der Waals surface area contributed by atoms with Crippen molar-refractivity contribution >= 4 is 38.4 Å². The van der Waals surface area contributed by atoms with E-state index >= 15 is 0 Å². The molecule has 1 N–H and O–H groups in total. The van der Waals surface area contributed by atoms with E-state index in [1.807, 2.05) is 0 Å². The molecule has 162 valence electrons. The van der Waals surface area contributed by atoms with Gasteiger partial charge in [-0.1, -0.05) is 29.8 Å². The SMILES string of the molecule is CCOC(=O)c1nnsc1NC(=O)c1cccc(S(=O)(=O)N(C)C2CCCCC2)c1. The molecule has 0 bridgehead atoms. The van der Waals surface area contributed by atoms with Gasteiger partial charge in [0, 0.05) is 30.2 Å². The highest BCUT2D eigenvalue weighted by Gasteiger charge is 2.29. The first-order chi connectivity index (χ1) is 14.3. The Bertz CT molecular complexity index is 1020. The van der Waals surface area contributed by atoms with E-state index in [1.54, 1.807) is 14.0 Å². The van der Waals surface area contributed by atoms with Gasteiger partial charge in [0.15, 0.2) is 5.00 Å². The van der Waals surface area contributed by atoms with Gasteiger partial charge in [0.1, 0.15) is 0 Å². The second-order valence-electron chi connectivity index (χ2n) is 6.97. The van der Waals surface area contributed by atoms with Crippen LogP contribution >= 0.6 is 11.5 Å². The Kier molecular flexibility index (Phi) is 7.16. The molecule has 11 heteroatoms. The lowest BCUT2D eigenvalue weighted by Crippen LogP contribution is -2.38. The van der Waals surface area contributed by atoms with Crippen LogP contribution in [0.5, 0.6) is 0 Å². The minimum atomic E-state index is -3.73. The van der Waals surface area contributed by atoms with Crippen LogP contribution in [0.4, 0.5) is 5.00 Å². The van der Waals surface area contributed by atoms with Crippen molar-refractivity contribution in [2.24, 2.45) is 0 Å². The monoisotopic (exact) mass is 452 g/mol. The number of sulfonamides is 1. The molecular weight excluding hydrogens is 428 g/mol. The van der Waals surface area contributed by atoms with Crippen molar-refractivity contribution < 1.29 is 22.7 Å². The van der Waals surface area contributed by atoms with Gasteiger partial charge < -0.3 is 10.1 Å². The van der Waals surface area contributed by atoms with E-state index in [2.05, 4.69) is 14.9 Å². The van der Waals surface area contributed by atoms with Crippen LogP contribution in [0.3, 0.4) is 0 Å². The number of nitrogens with zero attached hydrogens (tertiary/aromatic N) is 3. The number of esters is 1. The fourth-order valence-corrected chi connectivity index (χ4v) is 5.40. The van der Waals surface area contributed by atoms with Crippen molar-refractivity contribution in [2.45, 2.75) is 50.0 Å². The highest BCUT2D eigenvalue weighted by atomic mass is 32.2. The molecule has 1 amide bonds. The van der Waals surface area contributed by atoms with E-state index in [0.717, 1.165) is 43.6 Å². The standard InChI is InChI=1S/C19H24N4O5S2/c1-3-28-19(25)16-18(29-22-21-16)20-17(24)13-8-7-11-15(12-13)30(26,27)23(2)14-9-5-4-6-10-14/h7-8,11-12,14H,3-6,9-10H2,1-2H3,(H,20,24). The van der Waals surface area contributed by atoms with E-state index < -0.39 is 21.9 Å². The van der Waals surface area contributed by atoms with Crippen LogP contribution in [0.15, 0.2) is 29.2 Å². The number of amides is 1. The van der Waals surface area contributed by atoms with Gasteiger partial charge in [0.05, 0.1) is 11.5 Å². The molecule has 30 heavy (non-hydrogen) atoms. The lowest BCUT2D eigenvalue weighted by molar-refractivity contribution is 0.0520. The average Bonchev–Trinajstić information content (AvgIpc) is 3.22. The predicted molar refractivity (Wildman–Crippen MR) is 112 cm³/mol. The molecule has 1 fully saturated rings. The number of nitrogens with one attached hydrogen (secondary N) is 1. The highest BCUT2D eigenvalue weighted by Crippen LogP contribution is 2.27. The molecule has 9 nitrogen and oxygen atoms in total. The van der Waals surface area contributed by atoms with Gasteiger partial charge in [-0.3, -0.25) is 4.79 Å². The van der Waals surface area contributed by atoms with Gasteiger partial charge in [-0.2, -0.15) is 4.31 Å². The number of carbonyl (C=O) groups excluding carboxylic acids is 2. The Balaban J connectivity index is 1.79. The van der Waals surface area contributed by atoms with E-state index in [4.69, 9.17) is 4.74 Å². The van der Waals surface area contributed by atoms with Crippen molar-refractivity contribution in [3.8, 4) is 0 Å². The fraction of sp³-hybridized carbons (Fsp3) is 0.474. The van der Waals surface area contributed by atoms with Crippen LogP contribution in [-0.4, -0.2) is 53.9 Å². The molecule has 1 aromatic heterocycles. The summed E-state index contributed by atoms with van der Waals surface area (Å²) in [6.45, 7) is 1.82. The molecule has 0 saturated heterocycles. The summed E-state index contributed by atoms with van der Waals surface area (Å²) in [5, 5.41) is 6.40. The Morgan fingerprint density at radius 3 is 2.70 bits per heavy atom. The van der Waals surface area contributed by atoms with Crippen molar-refractivity contribution in [1.82, 2.24) is 13.9 Å². The topological polar surface area (TPSA) is 119 Å². The maximum absolute atomic E-state index is 13.1. The largest absolute Gasteiger partial charge is 0.461 e. The summed E-state index contributed by atoms with van der Waals surface area (Å²) < 4.78 is 36.1. The normalized spacial score (nSPS) is 15.2. The van der Waals surface area contributed by atoms with Crippen LogP contribution < -0.4 is 5.32 Å². The fourth-order valence-electron chi connectivity index (χ4n) is 3.39. The molecule has 1 saturated carbocycles. The minimum Gasteiger partial charge on any atom is -0.461 e. The summed E-state index contributed by atoms with van der Waals surface area (Å²) in [6, 6.07) is 5.81. The number of ether oxygens (including phenoxy) is 1. The molecule has 0 unspecified atom stereocenters. The van der Waals surface area contributed by atoms with Crippen molar-refractivity contribution in [3.05, 3.63) is 35.5 Å². The third-order valence-electron chi connectivity index (χ3n) is 5.05. The molecule has 0 atom stereocenters. The molecule has 1 aliphatic rings. The molecule has 1 aromatic carbocycles. The third-order valence-corrected chi connectivity index (χ3v) is 7.59. The van der Waals surface area contributed by atoms with E-state index in [9.17, 15) is 18.0 Å². The molecular formula is C19H24N4O5S2. The maximum atomic E-state index is 13.1. The van der Waals surface area contributed by atoms with Crippen LogP contribution in [0.25, 0.3) is 0 Å². The lowest BCUT2D eigenvalue weighted by atomic mass is 9.96. The van der Waals surface area contributed by atoms with Gasteiger partial charge >= 0.3 is 5.97 Å². The second-order valence-corrected chi connectivity index (χ2v) is 9.72. The van der Waals surface area contributed by atoms with E-state index in [1.165, 1.54) is 28.6 Å². The zero-order valence-electron chi connectivity index (χ0n) is 16.8. The maximum Gasteiger partial charge on any atom is 0.362 e. The Morgan fingerprint density at radius 1 is 1.27 bits per heavy atom. The molecule has 2 aromatic rings. The zero-order chi connectivity index (χ0) is 21.7. The molecule has 3 rings (SSSR count). The third kappa shape index (κ3) is 4.85. The van der Waals surface area contributed by atoms with Gasteiger partial charge in [0.2, 0.25) is 15.7 Å². The summed E-state index contributed by atoms with van der Waals surface area (Å²) in [6.07, 6.45) is 4.83. The number of rotatable bonds is 7. The highest BCUT2D eigenvalue weighted by molar-refractivity contribution is 7.89. The first kappa shape index (κ1) is 22.3. The molecule has 0 radical (unpaired) electrons. The van der Waals surface area contributed by atoms with Crippen LogP contribution in [0, 0.1) is 0 Å². The molecule has 0 spiro atoms. The lowest BCUT2D eigenvalue weighted by Gasteiger charge is -2.30. The molecule has 1 heterocycles. The summed E-state index contributed by atoms with van der Waals surface area (Å²) >= 11 is 0.840. The zero-order valence-corrected chi connectivity index (χ0v) is 18.5. The number of anilines is 1. The minimum absolute atomic E-state index is 0.0309. The van der Waals surface area contributed by atoms with Gasteiger partial charge in [0.25, 0.3) is 5.91 Å².